The van der Waals surface area contributed by atoms with Crippen molar-refractivity contribution in [2.24, 2.45) is 0 Å². The van der Waals surface area contributed by atoms with Crippen molar-refractivity contribution in [3.63, 3.8) is 0 Å². The Kier molecular flexibility index (Phi) is 6.33. The summed E-state index contributed by atoms with van der Waals surface area (Å²) in [5.41, 5.74) is 3.84. The largest absolute Gasteiger partial charge is 0.455 e. The Labute approximate surface area is 162 Å². The number of nitrogens with one attached hydrogen (secondary N) is 1. The quantitative estimate of drug-likeness (QED) is 0.637. The predicted octanol–water partition coefficient (Wildman–Crippen LogP) is 3.52. The Balaban J connectivity index is 1.44. The van der Waals surface area contributed by atoms with Gasteiger partial charge in [0.1, 0.15) is 5.01 Å². The van der Waals surface area contributed by atoms with Gasteiger partial charge in [-0.3, -0.25) is 9.59 Å². The first-order valence-electron chi connectivity index (χ1n) is 8.58. The summed E-state index contributed by atoms with van der Waals surface area (Å²) in [5.74, 6) is -0.795. The highest BCUT2D eigenvalue weighted by atomic mass is 32.1. The van der Waals surface area contributed by atoms with Crippen LogP contribution in [0.25, 0.3) is 10.6 Å². The molecule has 1 heterocycles. The van der Waals surface area contributed by atoms with Gasteiger partial charge in [-0.05, 0) is 12.5 Å². The molecule has 2 aromatic carbocycles. The normalized spacial score (nSPS) is 10.4. The molecule has 1 N–H and O–H groups in total. The maximum Gasteiger partial charge on any atom is 0.312 e. The standard InChI is InChI=1S/C21H20N2O3S/c1-15-7-9-17(10-8-15)21-23-18(14-27-21)11-20(25)26-13-19(24)22-12-16-5-3-2-4-6-16/h2-10,14H,11-13H2,1H3,(H,22,24). The van der Waals surface area contributed by atoms with E-state index < -0.39 is 5.97 Å². The molecule has 3 aromatic rings. The van der Waals surface area contributed by atoms with Crippen molar-refractivity contribution in [1.82, 2.24) is 10.3 Å². The minimum atomic E-state index is -0.467. The van der Waals surface area contributed by atoms with Crippen molar-refractivity contribution in [3.8, 4) is 10.6 Å². The molecular formula is C21H20N2O3S. The Hall–Kier alpha value is -2.99. The summed E-state index contributed by atoms with van der Waals surface area (Å²) in [5, 5.41) is 5.42. The Morgan fingerprint density at radius 1 is 1.07 bits per heavy atom. The Morgan fingerprint density at radius 3 is 2.56 bits per heavy atom. The molecule has 0 unspecified atom stereocenters. The fourth-order valence-electron chi connectivity index (χ4n) is 2.41. The molecule has 1 aromatic heterocycles. The fourth-order valence-corrected chi connectivity index (χ4v) is 3.24. The lowest BCUT2D eigenvalue weighted by Gasteiger charge is -2.06. The highest BCUT2D eigenvalue weighted by Gasteiger charge is 2.12. The van der Waals surface area contributed by atoms with E-state index in [1.54, 1.807) is 0 Å². The molecule has 6 heteroatoms. The van der Waals surface area contributed by atoms with Gasteiger partial charge < -0.3 is 10.1 Å². The number of hydrogen-bond donors (Lipinski definition) is 1. The molecule has 0 radical (unpaired) electrons. The number of esters is 1. The topological polar surface area (TPSA) is 68.3 Å². The molecule has 1 amide bonds. The van der Waals surface area contributed by atoms with Crippen LogP contribution in [0.15, 0.2) is 60.0 Å². The van der Waals surface area contributed by atoms with Gasteiger partial charge in [0.15, 0.2) is 6.61 Å². The second-order valence-corrected chi connectivity index (χ2v) is 6.97. The van der Waals surface area contributed by atoms with Gasteiger partial charge in [-0.25, -0.2) is 4.98 Å². The minimum Gasteiger partial charge on any atom is -0.455 e. The molecule has 0 fully saturated rings. The van der Waals surface area contributed by atoms with Crippen LogP contribution in [-0.4, -0.2) is 23.5 Å². The first kappa shape index (κ1) is 18.8. The number of rotatable bonds is 7. The molecule has 3 rings (SSSR count). The van der Waals surface area contributed by atoms with E-state index in [1.807, 2.05) is 66.9 Å². The van der Waals surface area contributed by atoms with Gasteiger partial charge in [0.25, 0.3) is 5.91 Å². The van der Waals surface area contributed by atoms with Gasteiger partial charge in [-0.15, -0.1) is 11.3 Å². The lowest BCUT2D eigenvalue weighted by atomic mass is 10.2. The number of amides is 1. The van der Waals surface area contributed by atoms with Crippen molar-refractivity contribution in [2.45, 2.75) is 19.9 Å². The molecule has 0 bridgehead atoms. The van der Waals surface area contributed by atoms with E-state index in [9.17, 15) is 9.59 Å². The van der Waals surface area contributed by atoms with E-state index in [1.165, 1.54) is 16.9 Å². The number of ether oxygens (including phenoxy) is 1. The second kappa shape index (κ2) is 9.09. The smallest absolute Gasteiger partial charge is 0.312 e. The molecule has 0 aliphatic carbocycles. The number of benzene rings is 2. The van der Waals surface area contributed by atoms with Crippen molar-refractivity contribution in [1.29, 1.82) is 0 Å². The summed E-state index contributed by atoms with van der Waals surface area (Å²) in [4.78, 5) is 28.2. The number of thiazole rings is 1. The molecule has 0 atom stereocenters. The number of aryl methyl sites for hydroxylation is 1. The molecule has 138 valence electrons. The predicted molar refractivity (Wildman–Crippen MR) is 105 cm³/mol. The van der Waals surface area contributed by atoms with Crippen LogP contribution in [0.5, 0.6) is 0 Å². The number of carbonyl (C=O) groups excluding carboxylic acids is 2. The van der Waals surface area contributed by atoms with Gasteiger partial charge >= 0.3 is 5.97 Å². The Morgan fingerprint density at radius 2 is 1.81 bits per heavy atom. The zero-order valence-corrected chi connectivity index (χ0v) is 15.8. The molecule has 0 aliphatic rings. The lowest BCUT2D eigenvalue weighted by Crippen LogP contribution is -2.28. The van der Waals surface area contributed by atoms with Crippen molar-refractivity contribution in [2.75, 3.05) is 6.61 Å². The lowest BCUT2D eigenvalue weighted by molar-refractivity contribution is -0.147. The zero-order valence-electron chi connectivity index (χ0n) is 15.0. The van der Waals surface area contributed by atoms with E-state index in [0.29, 0.717) is 12.2 Å². The maximum atomic E-state index is 11.9. The summed E-state index contributed by atoms with van der Waals surface area (Å²) >= 11 is 1.48. The first-order valence-corrected chi connectivity index (χ1v) is 9.46. The first-order chi connectivity index (χ1) is 13.1. The zero-order chi connectivity index (χ0) is 19.1. The van der Waals surface area contributed by atoms with Crippen LogP contribution in [0.3, 0.4) is 0 Å². The van der Waals surface area contributed by atoms with Crippen LogP contribution in [0.4, 0.5) is 0 Å². The van der Waals surface area contributed by atoms with E-state index >= 15 is 0 Å². The van der Waals surface area contributed by atoms with E-state index in [2.05, 4.69) is 10.3 Å². The molecule has 0 spiro atoms. The summed E-state index contributed by atoms with van der Waals surface area (Å²) in [7, 11) is 0. The fraction of sp³-hybridized carbons (Fsp3) is 0.190. The van der Waals surface area contributed by atoms with Crippen molar-refractivity contribution >= 4 is 23.2 Å². The third-order valence-electron chi connectivity index (χ3n) is 3.87. The number of carbonyl (C=O) groups is 2. The van der Waals surface area contributed by atoms with Gasteiger partial charge in [0.05, 0.1) is 12.1 Å². The second-order valence-electron chi connectivity index (χ2n) is 6.11. The molecule has 27 heavy (non-hydrogen) atoms. The van der Waals surface area contributed by atoms with Gasteiger partial charge in [0, 0.05) is 17.5 Å². The summed E-state index contributed by atoms with van der Waals surface area (Å²) in [6.07, 6.45) is 0.0499. The third-order valence-corrected chi connectivity index (χ3v) is 4.81. The minimum absolute atomic E-state index is 0.0499. The van der Waals surface area contributed by atoms with Crippen LogP contribution in [0.2, 0.25) is 0 Å². The van der Waals surface area contributed by atoms with Gasteiger partial charge in [0.2, 0.25) is 0 Å². The molecular weight excluding hydrogens is 360 g/mol. The van der Waals surface area contributed by atoms with Gasteiger partial charge in [-0.1, -0.05) is 60.2 Å². The number of hydrogen-bond acceptors (Lipinski definition) is 5. The highest BCUT2D eigenvalue weighted by Crippen LogP contribution is 2.24. The average molecular weight is 380 g/mol. The van der Waals surface area contributed by atoms with Crippen LogP contribution < -0.4 is 5.32 Å². The summed E-state index contributed by atoms with van der Waals surface area (Å²) in [6.45, 7) is 2.15. The number of nitrogens with zero attached hydrogens (tertiary/aromatic N) is 1. The SMILES string of the molecule is Cc1ccc(-c2nc(CC(=O)OCC(=O)NCc3ccccc3)cs2)cc1. The average Bonchev–Trinajstić information content (AvgIpc) is 3.14. The van der Waals surface area contributed by atoms with E-state index in [4.69, 9.17) is 4.74 Å². The van der Waals surface area contributed by atoms with Gasteiger partial charge in [-0.2, -0.15) is 0 Å². The van der Waals surface area contributed by atoms with Crippen LogP contribution in [0.1, 0.15) is 16.8 Å². The van der Waals surface area contributed by atoms with Crippen LogP contribution in [-0.2, 0) is 27.3 Å². The third kappa shape index (κ3) is 5.76. The summed E-state index contributed by atoms with van der Waals surface area (Å²) in [6, 6.07) is 17.6. The van der Waals surface area contributed by atoms with Crippen LogP contribution >= 0.6 is 11.3 Å². The number of aromatic nitrogens is 1. The summed E-state index contributed by atoms with van der Waals surface area (Å²) < 4.78 is 5.04. The van der Waals surface area contributed by atoms with Crippen molar-refractivity contribution in [3.05, 3.63) is 76.8 Å². The Bertz CT molecular complexity index is 905. The molecule has 0 aliphatic heterocycles. The molecule has 0 saturated carbocycles. The molecule has 5 nitrogen and oxygen atoms in total. The highest BCUT2D eigenvalue weighted by molar-refractivity contribution is 7.13. The van der Waals surface area contributed by atoms with E-state index in [-0.39, 0.29) is 18.9 Å². The monoisotopic (exact) mass is 380 g/mol. The maximum absolute atomic E-state index is 11.9. The van der Waals surface area contributed by atoms with Crippen LogP contribution in [0, 0.1) is 6.92 Å². The van der Waals surface area contributed by atoms with E-state index in [0.717, 1.165) is 16.1 Å². The molecule has 0 saturated heterocycles. The van der Waals surface area contributed by atoms with Crippen molar-refractivity contribution < 1.29 is 14.3 Å².